The molecular formula is C26H27ClFN3O2. The Morgan fingerprint density at radius 1 is 1.15 bits per heavy atom. The third-order valence-electron chi connectivity index (χ3n) is 6.37. The summed E-state index contributed by atoms with van der Waals surface area (Å²) in [5.41, 5.74) is 3.23. The van der Waals surface area contributed by atoms with Gasteiger partial charge in [-0.25, -0.2) is 9.37 Å². The zero-order valence-electron chi connectivity index (χ0n) is 18.5. The quantitative estimate of drug-likeness (QED) is 0.483. The lowest BCUT2D eigenvalue weighted by molar-refractivity contribution is 0.0784. The molecule has 1 aliphatic carbocycles. The van der Waals surface area contributed by atoms with Gasteiger partial charge < -0.3 is 10.0 Å². The second-order valence-corrected chi connectivity index (χ2v) is 9.26. The van der Waals surface area contributed by atoms with E-state index in [9.17, 15) is 14.3 Å². The van der Waals surface area contributed by atoms with Gasteiger partial charge in [-0.15, -0.1) is 0 Å². The summed E-state index contributed by atoms with van der Waals surface area (Å²) in [5, 5.41) is 11.1. The van der Waals surface area contributed by atoms with E-state index in [-0.39, 0.29) is 11.8 Å². The van der Waals surface area contributed by atoms with Crippen LogP contribution in [0.15, 0.2) is 61.1 Å². The van der Waals surface area contributed by atoms with Gasteiger partial charge in [-0.2, -0.15) is 0 Å². The van der Waals surface area contributed by atoms with Crippen LogP contribution in [0.25, 0.3) is 0 Å². The summed E-state index contributed by atoms with van der Waals surface area (Å²) < 4.78 is 13.3. The first-order chi connectivity index (χ1) is 15.9. The van der Waals surface area contributed by atoms with Crippen molar-refractivity contribution in [1.82, 2.24) is 14.9 Å². The third-order valence-corrected chi connectivity index (χ3v) is 6.60. The highest BCUT2D eigenvalue weighted by Crippen LogP contribution is 2.40. The van der Waals surface area contributed by atoms with E-state index in [0.717, 1.165) is 37.4 Å². The molecule has 172 valence electrons. The minimum absolute atomic E-state index is 0.119. The van der Waals surface area contributed by atoms with Crippen LogP contribution >= 0.6 is 11.6 Å². The van der Waals surface area contributed by atoms with Gasteiger partial charge in [-0.1, -0.05) is 29.8 Å². The fraction of sp³-hybridized carbons (Fsp3) is 0.346. The number of aromatic nitrogens is 2. The lowest BCUT2D eigenvalue weighted by Crippen LogP contribution is -2.26. The molecule has 1 amide bonds. The number of carbonyl (C=O) groups excluding carboxylic acids is 1. The van der Waals surface area contributed by atoms with E-state index in [1.807, 2.05) is 30.3 Å². The Labute approximate surface area is 198 Å². The van der Waals surface area contributed by atoms with Crippen LogP contribution in [0.3, 0.4) is 0 Å². The zero-order valence-corrected chi connectivity index (χ0v) is 19.3. The second-order valence-electron chi connectivity index (χ2n) is 8.87. The molecule has 1 saturated carbocycles. The summed E-state index contributed by atoms with van der Waals surface area (Å²) in [5.74, 6) is 0.176. The minimum Gasteiger partial charge on any atom is -0.388 e. The molecule has 0 saturated heterocycles. The molecule has 3 aromatic rings. The molecule has 4 rings (SSSR count). The van der Waals surface area contributed by atoms with E-state index in [1.54, 1.807) is 30.4 Å². The molecule has 33 heavy (non-hydrogen) atoms. The van der Waals surface area contributed by atoms with Crippen LogP contribution < -0.4 is 0 Å². The van der Waals surface area contributed by atoms with Crippen molar-refractivity contribution in [2.24, 2.45) is 11.8 Å². The predicted octanol–water partition coefficient (Wildman–Crippen LogP) is 5.23. The molecule has 7 heteroatoms. The van der Waals surface area contributed by atoms with Gasteiger partial charge in [0.1, 0.15) is 11.0 Å². The standard InChI is InChI=1S/C26H27ClFN3O2/c1-31(16-19-12-23(28)15-29-13-19)26(33)20-5-2-17(3-6-20)10-18-4-7-21(11-18)25(32)22-8-9-24(27)30-14-22/h2-3,5-6,8-9,12-15,18,21,25,32H,4,7,10-11,16H2,1H3/t18-,21-,25-/m0/s1. The first-order valence-electron chi connectivity index (χ1n) is 11.1. The first kappa shape index (κ1) is 23.3. The van der Waals surface area contributed by atoms with Gasteiger partial charge in [-0.3, -0.25) is 9.78 Å². The van der Waals surface area contributed by atoms with Crippen molar-refractivity contribution in [2.45, 2.75) is 38.3 Å². The molecule has 0 unspecified atom stereocenters. The summed E-state index contributed by atoms with van der Waals surface area (Å²) >= 11 is 5.85. The molecule has 3 atom stereocenters. The van der Waals surface area contributed by atoms with E-state index in [2.05, 4.69) is 9.97 Å². The van der Waals surface area contributed by atoms with E-state index in [1.165, 1.54) is 11.6 Å². The Morgan fingerprint density at radius 2 is 1.94 bits per heavy atom. The number of rotatable bonds is 7. The van der Waals surface area contributed by atoms with Crippen molar-refractivity contribution >= 4 is 17.5 Å². The SMILES string of the molecule is CN(Cc1cncc(F)c1)C(=O)c1ccc(C[C@@H]2CC[C@H]([C@H](O)c3ccc(Cl)nc3)C2)cc1. The molecule has 1 aromatic carbocycles. The first-order valence-corrected chi connectivity index (χ1v) is 11.5. The maximum Gasteiger partial charge on any atom is 0.253 e. The maximum atomic E-state index is 13.3. The van der Waals surface area contributed by atoms with Crippen LogP contribution in [-0.4, -0.2) is 32.9 Å². The van der Waals surface area contributed by atoms with E-state index in [4.69, 9.17) is 11.6 Å². The number of aliphatic hydroxyl groups is 1. The van der Waals surface area contributed by atoms with Gasteiger partial charge in [0.05, 0.1) is 12.3 Å². The van der Waals surface area contributed by atoms with E-state index >= 15 is 0 Å². The smallest absolute Gasteiger partial charge is 0.253 e. The van der Waals surface area contributed by atoms with Crippen LogP contribution in [0.5, 0.6) is 0 Å². The number of hydrogen-bond acceptors (Lipinski definition) is 4. The van der Waals surface area contributed by atoms with Gasteiger partial charge in [-0.05, 0) is 78.5 Å². The Balaban J connectivity index is 1.31. The molecule has 0 aliphatic heterocycles. The lowest BCUT2D eigenvalue weighted by Gasteiger charge is -2.19. The number of nitrogens with zero attached hydrogens (tertiary/aromatic N) is 3. The Bertz CT molecular complexity index is 1090. The minimum atomic E-state index is -0.524. The van der Waals surface area contributed by atoms with Crippen LogP contribution in [0.4, 0.5) is 4.39 Å². The molecule has 1 aliphatic rings. The van der Waals surface area contributed by atoms with Crippen molar-refractivity contribution < 1.29 is 14.3 Å². The van der Waals surface area contributed by atoms with Crippen molar-refractivity contribution in [2.75, 3.05) is 7.05 Å². The predicted molar refractivity (Wildman–Crippen MR) is 125 cm³/mol. The third kappa shape index (κ3) is 5.95. The Kier molecular flexibility index (Phi) is 7.36. The van der Waals surface area contributed by atoms with E-state index < -0.39 is 11.9 Å². The van der Waals surface area contributed by atoms with E-state index in [0.29, 0.717) is 28.7 Å². The molecule has 5 nitrogen and oxygen atoms in total. The molecular weight excluding hydrogens is 441 g/mol. The molecule has 0 bridgehead atoms. The highest BCUT2D eigenvalue weighted by molar-refractivity contribution is 6.29. The molecule has 0 spiro atoms. The summed E-state index contributed by atoms with van der Waals surface area (Å²) in [6.45, 7) is 0.292. The maximum absolute atomic E-state index is 13.3. The molecule has 1 N–H and O–H groups in total. The van der Waals surface area contributed by atoms with Crippen LogP contribution in [-0.2, 0) is 13.0 Å². The number of amides is 1. The zero-order chi connectivity index (χ0) is 23.4. The second kappa shape index (κ2) is 10.4. The highest BCUT2D eigenvalue weighted by Gasteiger charge is 2.31. The monoisotopic (exact) mass is 467 g/mol. The molecule has 2 heterocycles. The number of carbonyl (C=O) groups is 1. The largest absolute Gasteiger partial charge is 0.388 e. The summed E-state index contributed by atoms with van der Waals surface area (Å²) in [6.07, 6.45) is 7.74. The van der Waals surface area contributed by atoms with Gasteiger partial charge in [0.25, 0.3) is 5.91 Å². The van der Waals surface area contributed by atoms with Crippen molar-refractivity contribution in [3.05, 3.63) is 94.3 Å². The Hall–Kier alpha value is -2.83. The lowest BCUT2D eigenvalue weighted by atomic mass is 9.92. The average Bonchev–Trinajstić information content (AvgIpc) is 3.27. The van der Waals surface area contributed by atoms with Crippen LogP contribution in [0.2, 0.25) is 5.15 Å². The van der Waals surface area contributed by atoms with Gasteiger partial charge in [0.2, 0.25) is 0 Å². The van der Waals surface area contributed by atoms with Crippen molar-refractivity contribution in [3.63, 3.8) is 0 Å². The molecule has 2 aromatic heterocycles. The number of halogens is 2. The highest BCUT2D eigenvalue weighted by atomic mass is 35.5. The van der Waals surface area contributed by atoms with Crippen LogP contribution in [0.1, 0.15) is 52.4 Å². The average molecular weight is 468 g/mol. The summed E-state index contributed by atoms with van der Waals surface area (Å²) in [4.78, 5) is 22.2. The number of benzene rings is 1. The molecule has 0 radical (unpaired) electrons. The van der Waals surface area contributed by atoms with Crippen molar-refractivity contribution in [3.8, 4) is 0 Å². The summed E-state index contributed by atoms with van der Waals surface area (Å²) in [7, 11) is 1.70. The topological polar surface area (TPSA) is 66.3 Å². The van der Waals surface area contributed by atoms with Gasteiger partial charge in [0, 0.05) is 31.5 Å². The fourth-order valence-corrected chi connectivity index (χ4v) is 4.76. The number of aliphatic hydroxyl groups excluding tert-OH is 1. The van der Waals surface area contributed by atoms with Crippen molar-refractivity contribution in [1.29, 1.82) is 0 Å². The normalized spacial score (nSPS) is 18.8. The molecule has 1 fully saturated rings. The van der Waals surface area contributed by atoms with Gasteiger partial charge >= 0.3 is 0 Å². The number of pyridine rings is 2. The summed E-state index contributed by atoms with van der Waals surface area (Å²) in [6, 6.07) is 12.6. The Morgan fingerprint density at radius 3 is 2.64 bits per heavy atom. The fourth-order valence-electron chi connectivity index (χ4n) is 4.65. The number of hydrogen-bond donors (Lipinski definition) is 1. The van der Waals surface area contributed by atoms with Crippen LogP contribution in [0, 0.1) is 17.7 Å². The van der Waals surface area contributed by atoms with Gasteiger partial charge in [0.15, 0.2) is 0 Å².